The summed E-state index contributed by atoms with van der Waals surface area (Å²) < 4.78 is 39.9. The molecule has 2 fully saturated rings. The number of unbranched alkanes of at least 4 members (excludes halogenated alkanes) is 1. The van der Waals surface area contributed by atoms with Crippen LogP contribution in [0.5, 0.6) is 5.75 Å². The van der Waals surface area contributed by atoms with E-state index in [1.54, 1.807) is 12.1 Å². The van der Waals surface area contributed by atoms with Gasteiger partial charge in [-0.2, -0.15) is 4.39 Å². The molecule has 0 aromatic heterocycles. The number of benzene rings is 1. The Morgan fingerprint density at radius 2 is 1.45 bits per heavy atom. The maximum Gasteiger partial charge on any atom is 0.200 e. The molecule has 0 amide bonds. The molecule has 0 bridgehead atoms. The standard InChI is InChI=1S/C27H42F2O2/c1-3-5-17-30-19-24-15-16-25(27(29)26(24)28)31-18-21-9-13-23(14-10-21)22-11-7-20(6-4-2)8-12-22/h15-16,20-23H,3-14,17-19H2,1-2H3. The number of rotatable bonds is 11. The molecule has 2 aliphatic rings. The molecule has 4 heteroatoms. The summed E-state index contributed by atoms with van der Waals surface area (Å²) in [5.74, 6) is 1.51. The van der Waals surface area contributed by atoms with E-state index >= 15 is 0 Å². The molecular weight excluding hydrogens is 394 g/mol. The van der Waals surface area contributed by atoms with Crippen LogP contribution in [0.25, 0.3) is 0 Å². The molecule has 0 atom stereocenters. The van der Waals surface area contributed by atoms with E-state index in [0.29, 0.717) is 19.1 Å². The van der Waals surface area contributed by atoms with Crippen LogP contribution in [0.3, 0.4) is 0 Å². The molecule has 2 aliphatic carbocycles. The minimum absolute atomic E-state index is 0.0335. The van der Waals surface area contributed by atoms with Crippen molar-refractivity contribution in [2.24, 2.45) is 23.7 Å². The van der Waals surface area contributed by atoms with Gasteiger partial charge in [-0.15, -0.1) is 0 Å². The Morgan fingerprint density at radius 1 is 0.806 bits per heavy atom. The molecule has 2 saturated carbocycles. The van der Waals surface area contributed by atoms with Crippen LogP contribution >= 0.6 is 0 Å². The van der Waals surface area contributed by atoms with Crippen molar-refractivity contribution >= 4 is 0 Å². The van der Waals surface area contributed by atoms with Crippen LogP contribution in [0, 0.1) is 35.3 Å². The van der Waals surface area contributed by atoms with Gasteiger partial charge in [-0.25, -0.2) is 4.39 Å². The van der Waals surface area contributed by atoms with E-state index in [0.717, 1.165) is 43.4 Å². The lowest BCUT2D eigenvalue weighted by atomic mass is 9.69. The normalized spacial score (nSPS) is 26.7. The monoisotopic (exact) mass is 436 g/mol. The van der Waals surface area contributed by atoms with Crippen LogP contribution in [0.4, 0.5) is 8.78 Å². The van der Waals surface area contributed by atoms with Crippen molar-refractivity contribution in [1.29, 1.82) is 0 Å². The van der Waals surface area contributed by atoms with E-state index in [-0.39, 0.29) is 17.9 Å². The average Bonchev–Trinajstić information content (AvgIpc) is 2.80. The Bertz CT molecular complexity index is 647. The predicted octanol–water partition coefficient (Wildman–Crippen LogP) is 8.07. The lowest BCUT2D eigenvalue weighted by Gasteiger charge is -2.37. The predicted molar refractivity (Wildman–Crippen MR) is 122 cm³/mol. The minimum atomic E-state index is -0.880. The van der Waals surface area contributed by atoms with Crippen molar-refractivity contribution < 1.29 is 18.3 Å². The summed E-state index contributed by atoms with van der Waals surface area (Å²) in [6.45, 7) is 5.53. The van der Waals surface area contributed by atoms with Crippen molar-refractivity contribution in [3.63, 3.8) is 0 Å². The molecule has 0 spiro atoms. The van der Waals surface area contributed by atoms with Gasteiger partial charge in [0.2, 0.25) is 5.82 Å². The lowest BCUT2D eigenvalue weighted by molar-refractivity contribution is 0.114. The quantitative estimate of drug-likeness (QED) is 0.326. The molecule has 0 unspecified atom stereocenters. The Morgan fingerprint density at radius 3 is 2.06 bits per heavy atom. The maximum atomic E-state index is 14.4. The van der Waals surface area contributed by atoms with Gasteiger partial charge >= 0.3 is 0 Å². The smallest absolute Gasteiger partial charge is 0.200 e. The van der Waals surface area contributed by atoms with Gasteiger partial charge in [0, 0.05) is 12.2 Å². The van der Waals surface area contributed by atoms with Gasteiger partial charge in [0.1, 0.15) is 0 Å². The molecular formula is C27H42F2O2. The second kappa shape index (κ2) is 12.8. The molecule has 0 heterocycles. The minimum Gasteiger partial charge on any atom is -0.490 e. The van der Waals surface area contributed by atoms with Crippen molar-refractivity contribution in [2.45, 2.75) is 97.5 Å². The van der Waals surface area contributed by atoms with E-state index in [4.69, 9.17) is 9.47 Å². The van der Waals surface area contributed by atoms with Crippen LogP contribution in [-0.4, -0.2) is 13.2 Å². The summed E-state index contributed by atoms with van der Waals surface area (Å²) in [6.07, 6.45) is 15.2. The Kier molecular flexibility index (Phi) is 10.1. The number of hydrogen-bond acceptors (Lipinski definition) is 2. The van der Waals surface area contributed by atoms with Crippen LogP contribution in [0.2, 0.25) is 0 Å². The van der Waals surface area contributed by atoms with Crippen molar-refractivity contribution in [2.75, 3.05) is 13.2 Å². The summed E-state index contributed by atoms with van der Waals surface area (Å²) in [5, 5.41) is 0. The first kappa shape index (κ1) is 24.5. The van der Waals surface area contributed by atoms with Gasteiger partial charge in [0.15, 0.2) is 11.6 Å². The highest BCUT2D eigenvalue weighted by Gasteiger charge is 2.31. The van der Waals surface area contributed by atoms with E-state index in [9.17, 15) is 8.78 Å². The Hall–Kier alpha value is -1.16. The summed E-state index contributed by atoms with van der Waals surface area (Å²) in [5.41, 5.74) is 0.259. The third kappa shape index (κ3) is 7.17. The van der Waals surface area contributed by atoms with Gasteiger partial charge < -0.3 is 9.47 Å². The fraction of sp³-hybridized carbons (Fsp3) is 0.778. The summed E-state index contributed by atoms with van der Waals surface area (Å²) in [4.78, 5) is 0. The first-order valence-corrected chi connectivity index (χ1v) is 12.8. The third-order valence-corrected chi connectivity index (χ3v) is 7.65. The molecule has 0 N–H and O–H groups in total. The highest BCUT2D eigenvalue weighted by Crippen LogP contribution is 2.42. The van der Waals surface area contributed by atoms with Gasteiger partial charge in [-0.3, -0.25) is 0 Å². The van der Waals surface area contributed by atoms with E-state index < -0.39 is 11.6 Å². The topological polar surface area (TPSA) is 18.5 Å². The zero-order chi connectivity index (χ0) is 22.1. The third-order valence-electron chi connectivity index (χ3n) is 7.65. The zero-order valence-electron chi connectivity index (χ0n) is 19.6. The second-order valence-electron chi connectivity index (χ2n) is 9.92. The molecule has 0 radical (unpaired) electrons. The highest BCUT2D eigenvalue weighted by atomic mass is 19.2. The molecule has 0 saturated heterocycles. The van der Waals surface area contributed by atoms with Crippen LogP contribution in [-0.2, 0) is 11.3 Å². The van der Waals surface area contributed by atoms with Gasteiger partial charge in [0.05, 0.1) is 13.2 Å². The molecule has 3 rings (SSSR count). The first-order valence-electron chi connectivity index (χ1n) is 12.8. The maximum absolute atomic E-state index is 14.4. The van der Waals surface area contributed by atoms with Crippen molar-refractivity contribution in [3.05, 3.63) is 29.3 Å². The summed E-state index contributed by atoms with van der Waals surface area (Å²) in [7, 11) is 0. The Balaban J connectivity index is 1.40. The number of halogens is 2. The summed E-state index contributed by atoms with van der Waals surface area (Å²) in [6, 6.07) is 3.14. The van der Waals surface area contributed by atoms with Crippen LogP contribution in [0.1, 0.15) is 96.5 Å². The van der Waals surface area contributed by atoms with Crippen LogP contribution in [0.15, 0.2) is 12.1 Å². The zero-order valence-corrected chi connectivity index (χ0v) is 19.6. The number of ether oxygens (including phenoxy) is 2. The van der Waals surface area contributed by atoms with Crippen molar-refractivity contribution in [3.8, 4) is 5.75 Å². The lowest BCUT2D eigenvalue weighted by Crippen LogP contribution is -2.27. The molecule has 31 heavy (non-hydrogen) atoms. The van der Waals surface area contributed by atoms with E-state index in [1.807, 2.05) is 0 Å². The van der Waals surface area contributed by atoms with Gasteiger partial charge in [-0.05, 0) is 80.8 Å². The van der Waals surface area contributed by atoms with Crippen LogP contribution < -0.4 is 4.74 Å². The summed E-state index contributed by atoms with van der Waals surface area (Å²) >= 11 is 0. The molecule has 2 nitrogen and oxygen atoms in total. The molecule has 176 valence electrons. The fourth-order valence-electron chi connectivity index (χ4n) is 5.61. The average molecular weight is 437 g/mol. The fourth-order valence-corrected chi connectivity index (χ4v) is 5.61. The molecule has 0 aliphatic heterocycles. The second-order valence-corrected chi connectivity index (χ2v) is 9.92. The number of hydrogen-bond donors (Lipinski definition) is 0. The van der Waals surface area contributed by atoms with Gasteiger partial charge in [0.25, 0.3) is 0 Å². The van der Waals surface area contributed by atoms with E-state index in [1.165, 1.54) is 51.4 Å². The van der Waals surface area contributed by atoms with Gasteiger partial charge in [-0.1, -0.05) is 46.0 Å². The molecule has 1 aromatic carbocycles. The highest BCUT2D eigenvalue weighted by molar-refractivity contribution is 5.30. The largest absolute Gasteiger partial charge is 0.490 e. The SMILES string of the molecule is CCCCOCc1ccc(OCC2CCC(C3CCC(CCC)CC3)CC2)c(F)c1F. The van der Waals surface area contributed by atoms with Crippen molar-refractivity contribution in [1.82, 2.24) is 0 Å². The van der Waals surface area contributed by atoms with E-state index in [2.05, 4.69) is 13.8 Å². The first-order chi connectivity index (χ1) is 15.1. The Labute approximate surface area is 188 Å². The molecule has 1 aromatic rings.